The van der Waals surface area contributed by atoms with Crippen molar-refractivity contribution in [2.24, 2.45) is 5.92 Å². The molecule has 25 heavy (non-hydrogen) atoms. The highest BCUT2D eigenvalue weighted by Crippen LogP contribution is 2.26. The number of aryl methyl sites for hydroxylation is 1. The fourth-order valence-corrected chi connectivity index (χ4v) is 2.85. The number of hydrogen-bond donors (Lipinski definition) is 2. The molecular weight excluding hydrogens is 325 g/mol. The van der Waals surface area contributed by atoms with Gasteiger partial charge < -0.3 is 15.3 Å². The molecule has 2 aromatic rings. The van der Waals surface area contributed by atoms with Crippen molar-refractivity contribution in [3.63, 3.8) is 0 Å². The number of carbonyl (C=O) groups is 2. The van der Waals surface area contributed by atoms with Gasteiger partial charge in [0.2, 0.25) is 0 Å². The Morgan fingerprint density at radius 1 is 1.28 bits per heavy atom. The zero-order valence-electron chi connectivity index (χ0n) is 13.7. The molecule has 0 saturated carbocycles. The van der Waals surface area contributed by atoms with Gasteiger partial charge in [-0.05, 0) is 36.6 Å². The second-order valence-corrected chi connectivity index (χ2v) is 6.12. The lowest BCUT2D eigenvalue weighted by Crippen LogP contribution is -2.34. The molecule has 6 nitrogen and oxygen atoms in total. The average molecular weight is 343 g/mol. The van der Waals surface area contributed by atoms with Crippen molar-refractivity contribution in [1.82, 2.24) is 9.88 Å². The summed E-state index contributed by atoms with van der Waals surface area (Å²) < 4.78 is 13.4. The Hall–Kier alpha value is -2.96. The number of urea groups is 1. The van der Waals surface area contributed by atoms with Crippen molar-refractivity contribution in [2.45, 2.75) is 13.3 Å². The number of halogens is 1. The average Bonchev–Trinajstić information content (AvgIpc) is 3.07. The molecule has 0 bridgehead atoms. The maximum absolute atomic E-state index is 13.4. The van der Waals surface area contributed by atoms with Crippen LogP contribution in [0.3, 0.4) is 0 Å². The van der Waals surface area contributed by atoms with Gasteiger partial charge in [0, 0.05) is 30.5 Å². The largest absolute Gasteiger partial charge is 0.481 e. The van der Waals surface area contributed by atoms with Crippen LogP contribution >= 0.6 is 0 Å². The fraction of sp³-hybridized carbons (Fsp3) is 0.278. The van der Waals surface area contributed by atoms with Crippen LogP contribution in [0.25, 0.3) is 11.1 Å². The minimum absolute atomic E-state index is 0.202. The van der Waals surface area contributed by atoms with Gasteiger partial charge >= 0.3 is 12.0 Å². The van der Waals surface area contributed by atoms with Crippen LogP contribution in [0, 0.1) is 18.7 Å². The highest BCUT2D eigenvalue weighted by Gasteiger charge is 2.30. The van der Waals surface area contributed by atoms with E-state index in [1.807, 2.05) is 19.1 Å². The van der Waals surface area contributed by atoms with Crippen molar-refractivity contribution in [3.05, 3.63) is 48.0 Å². The predicted molar refractivity (Wildman–Crippen MR) is 90.7 cm³/mol. The topological polar surface area (TPSA) is 82.5 Å². The van der Waals surface area contributed by atoms with Gasteiger partial charge in [-0.25, -0.2) is 9.18 Å². The Morgan fingerprint density at radius 2 is 2.08 bits per heavy atom. The molecule has 1 aliphatic rings. The van der Waals surface area contributed by atoms with Gasteiger partial charge in [0.1, 0.15) is 5.82 Å². The van der Waals surface area contributed by atoms with E-state index < -0.39 is 17.7 Å². The molecule has 1 aromatic carbocycles. The van der Waals surface area contributed by atoms with Gasteiger partial charge in [0.25, 0.3) is 0 Å². The number of hydrogen-bond acceptors (Lipinski definition) is 3. The summed E-state index contributed by atoms with van der Waals surface area (Å²) in [6.45, 7) is 2.47. The summed E-state index contributed by atoms with van der Waals surface area (Å²) in [6.07, 6.45) is 3.14. The van der Waals surface area contributed by atoms with Crippen LogP contribution in [0.5, 0.6) is 0 Å². The smallest absolute Gasteiger partial charge is 0.321 e. The van der Waals surface area contributed by atoms with Gasteiger partial charge in [0.15, 0.2) is 0 Å². The quantitative estimate of drug-likeness (QED) is 0.897. The fourth-order valence-electron chi connectivity index (χ4n) is 2.85. The van der Waals surface area contributed by atoms with E-state index in [0.29, 0.717) is 24.2 Å². The summed E-state index contributed by atoms with van der Waals surface area (Å²) in [6, 6.07) is 6.47. The van der Waals surface area contributed by atoms with Crippen molar-refractivity contribution < 1.29 is 19.1 Å². The van der Waals surface area contributed by atoms with Crippen LogP contribution in [0.2, 0.25) is 0 Å². The van der Waals surface area contributed by atoms with Crippen LogP contribution in [-0.4, -0.2) is 40.1 Å². The Kier molecular flexibility index (Phi) is 4.65. The molecule has 2 amide bonds. The van der Waals surface area contributed by atoms with Crippen LogP contribution in [0.4, 0.5) is 14.9 Å². The van der Waals surface area contributed by atoms with Crippen molar-refractivity contribution >= 4 is 17.7 Å². The number of amides is 2. The minimum atomic E-state index is -0.882. The highest BCUT2D eigenvalue weighted by atomic mass is 19.1. The molecule has 1 aromatic heterocycles. The summed E-state index contributed by atoms with van der Waals surface area (Å²) in [5.74, 6) is -1.83. The number of nitrogens with zero attached hydrogens (tertiary/aromatic N) is 2. The lowest BCUT2D eigenvalue weighted by Gasteiger charge is -2.18. The van der Waals surface area contributed by atoms with E-state index in [0.717, 1.165) is 17.3 Å². The standard InChI is InChI=1S/C18H18FN3O3/c1-11-2-3-12(14-6-15(19)9-20-8-14)7-16(11)21-18(25)22-5-4-13(10-22)17(23)24/h2-3,6-9,13H,4-5,10H2,1H3,(H,21,25)(H,23,24)/t13-/m1/s1. The van der Waals surface area contributed by atoms with Crippen LogP contribution < -0.4 is 5.32 Å². The number of carbonyl (C=O) groups excluding carboxylic acids is 1. The summed E-state index contributed by atoms with van der Waals surface area (Å²) in [7, 11) is 0. The third-order valence-electron chi connectivity index (χ3n) is 4.34. The number of pyridine rings is 1. The first-order valence-corrected chi connectivity index (χ1v) is 7.94. The maximum Gasteiger partial charge on any atom is 0.321 e. The molecule has 1 saturated heterocycles. The van der Waals surface area contributed by atoms with Gasteiger partial charge in [-0.3, -0.25) is 9.78 Å². The monoisotopic (exact) mass is 343 g/mol. The number of aliphatic carboxylic acids is 1. The number of anilines is 1. The van der Waals surface area contributed by atoms with E-state index >= 15 is 0 Å². The summed E-state index contributed by atoms with van der Waals surface area (Å²) in [5.41, 5.74) is 2.81. The van der Waals surface area contributed by atoms with E-state index in [1.165, 1.54) is 11.0 Å². The van der Waals surface area contributed by atoms with E-state index in [2.05, 4.69) is 10.3 Å². The molecule has 1 atom stereocenters. The predicted octanol–water partition coefficient (Wildman–Crippen LogP) is 3.13. The molecular formula is C18H18FN3O3. The molecule has 0 aliphatic carbocycles. The zero-order chi connectivity index (χ0) is 18.0. The third kappa shape index (κ3) is 3.76. The molecule has 130 valence electrons. The first kappa shape index (κ1) is 16.9. The van der Waals surface area contributed by atoms with E-state index in [4.69, 9.17) is 5.11 Å². The Bertz CT molecular complexity index is 825. The number of carboxylic acid groups (broad SMARTS) is 1. The van der Waals surface area contributed by atoms with Crippen molar-refractivity contribution in [2.75, 3.05) is 18.4 Å². The minimum Gasteiger partial charge on any atom is -0.481 e. The first-order chi connectivity index (χ1) is 11.9. The van der Waals surface area contributed by atoms with Crippen LogP contribution in [0.1, 0.15) is 12.0 Å². The molecule has 1 fully saturated rings. The van der Waals surface area contributed by atoms with Gasteiger partial charge in [0.05, 0.1) is 12.1 Å². The molecule has 7 heteroatoms. The lowest BCUT2D eigenvalue weighted by molar-refractivity contribution is -0.141. The highest BCUT2D eigenvalue weighted by molar-refractivity contribution is 5.91. The van der Waals surface area contributed by atoms with Crippen LogP contribution in [-0.2, 0) is 4.79 Å². The number of benzene rings is 1. The maximum atomic E-state index is 13.4. The number of nitrogens with one attached hydrogen (secondary N) is 1. The molecule has 2 heterocycles. The third-order valence-corrected chi connectivity index (χ3v) is 4.34. The first-order valence-electron chi connectivity index (χ1n) is 7.94. The SMILES string of the molecule is Cc1ccc(-c2cncc(F)c2)cc1NC(=O)N1CC[C@@H](C(=O)O)C1. The van der Waals surface area contributed by atoms with Crippen molar-refractivity contribution in [1.29, 1.82) is 0 Å². The summed E-state index contributed by atoms with van der Waals surface area (Å²) in [5, 5.41) is 11.9. The Morgan fingerprint density at radius 3 is 2.76 bits per heavy atom. The van der Waals surface area contributed by atoms with Crippen molar-refractivity contribution in [3.8, 4) is 11.1 Å². The second kappa shape index (κ2) is 6.88. The van der Waals surface area contributed by atoms with Gasteiger partial charge in [-0.15, -0.1) is 0 Å². The number of likely N-dealkylation sites (tertiary alicyclic amines) is 1. The van der Waals surface area contributed by atoms with Gasteiger partial charge in [-0.2, -0.15) is 0 Å². The zero-order valence-corrected chi connectivity index (χ0v) is 13.7. The number of aromatic nitrogens is 1. The van der Waals surface area contributed by atoms with E-state index in [1.54, 1.807) is 12.3 Å². The number of rotatable bonds is 3. The van der Waals surface area contributed by atoms with Gasteiger partial charge in [-0.1, -0.05) is 12.1 Å². The van der Waals surface area contributed by atoms with E-state index in [9.17, 15) is 14.0 Å². The van der Waals surface area contributed by atoms with Crippen LogP contribution in [0.15, 0.2) is 36.7 Å². The molecule has 1 aliphatic heterocycles. The normalized spacial score (nSPS) is 16.7. The van der Waals surface area contributed by atoms with E-state index in [-0.39, 0.29) is 12.6 Å². The second-order valence-electron chi connectivity index (χ2n) is 6.12. The summed E-state index contributed by atoms with van der Waals surface area (Å²) in [4.78, 5) is 28.7. The molecule has 2 N–H and O–H groups in total. The molecule has 0 radical (unpaired) electrons. The number of carboxylic acids is 1. The molecule has 0 unspecified atom stereocenters. The lowest BCUT2D eigenvalue weighted by atomic mass is 10.0. The Labute approximate surface area is 144 Å². The molecule has 3 rings (SSSR count). The Balaban J connectivity index is 1.77. The molecule has 0 spiro atoms. The summed E-state index contributed by atoms with van der Waals surface area (Å²) >= 11 is 0.